The number of alkyl carbamates (subject to hydrolysis) is 1. The number of rotatable bonds is 7. The molecule has 0 radical (unpaired) electrons. The second-order valence-electron chi connectivity index (χ2n) is 6.17. The van der Waals surface area contributed by atoms with Crippen molar-refractivity contribution in [3.8, 4) is 17.2 Å². The van der Waals surface area contributed by atoms with Gasteiger partial charge in [0.1, 0.15) is 12.1 Å². The average Bonchev–Trinajstić information content (AvgIpc) is 2.55. The van der Waals surface area contributed by atoms with Gasteiger partial charge in [-0.2, -0.15) is 0 Å². The fourth-order valence-electron chi connectivity index (χ4n) is 1.97. The van der Waals surface area contributed by atoms with Crippen LogP contribution in [0.25, 0.3) is 0 Å². The Labute approximate surface area is 147 Å². The van der Waals surface area contributed by atoms with Gasteiger partial charge in [-0.25, -0.2) is 4.79 Å². The van der Waals surface area contributed by atoms with E-state index in [1.54, 1.807) is 32.9 Å². The Morgan fingerprint density at radius 2 is 1.52 bits per heavy atom. The molecule has 0 aromatic heterocycles. The Balaban J connectivity index is 2.60. The Morgan fingerprint density at radius 1 is 0.960 bits per heavy atom. The standard InChI is InChI=1S/C17H26N2O6/c1-17(2,3)25-16(21)19-10-14(20)18-9-11-7-12(22-4)15(24-6)13(8-11)23-5/h7-8H,9-10H2,1-6H3,(H,18,20)(H,19,21). The molecule has 1 aromatic carbocycles. The van der Waals surface area contributed by atoms with Crippen LogP contribution in [0, 0.1) is 0 Å². The maximum absolute atomic E-state index is 11.8. The molecule has 0 aliphatic carbocycles. The van der Waals surface area contributed by atoms with Gasteiger partial charge in [-0.1, -0.05) is 0 Å². The highest BCUT2D eigenvalue weighted by Gasteiger charge is 2.17. The van der Waals surface area contributed by atoms with Crippen LogP contribution in [0.3, 0.4) is 0 Å². The second-order valence-corrected chi connectivity index (χ2v) is 6.17. The summed E-state index contributed by atoms with van der Waals surface area (Å²) in [4.78, 5) is 23.4. The predicted molar refractivity (Wildman–Crippen MR) is 92.2 cm³/mol. The largest absolute Gasteiger partial charge is 0.493 e. The molecular formula is C17H26N2O6. The van der Waals surface area contributed by atoms with Crippen molar-refractivity contribution in [1.82, 2.24) is 10.6 Å². The zero-order valence-corrected chi connectivity index (χ0v) is 15.5. The van der Waals surface area contributed by atoms with Gasteiger partial charge in [-0.15, -0.1) is 0 Å². The highest BCUT2D eigenvalue weighted by atomic mass is 16.6. The first-order valence-corrected chi connectivity index (χ1v) is 7.72. The summed E-state index contributed by atoms with van der Waals surface area (Å²) in [7, 11) is 4.55. The van der Waals surface area contributed by atoms with E-state index in [0.29, 0.717) is 17.2 Å². The molecule has 0 bridgehead atoms. The van der Waals surface area contributed by atoms with Crippen LogP contribution in [0.1, 0.15) is 26.3 Å². The summed E-state index contributed by atoms with van der Waals surface area (Å²) >= 11 is 0. The molecule has 0 aliphatic heterocycles. The molecule has 1 rings (SSSR count). The van der Waals surface area contributed by atoms with E-state index in [9.17, 15) is 9.59 Å². The SMILES string of the molecule is COc1cc(CNC(=O)CNC(=O)OC(C)(C)C)cc(OC)c1OC. The Morgan fingerprint density at radius 3 is 1.96 bits per heavy atom. The lowest BCUT2D eigenvalue weighted by atomic mass is 10.1. The minimum absolute atomic E-state index is 0.181. The predicted octanol–water partition coefficient (Wildman–Crippen LogP) is 1.85. The summed E-state index contributed by atoms with van der Waals surface area (Å²) in [6, 6.07) is 3.48. The molecule has 2 N–H and O–H groups in total. The summed E-state index contributed by atoms with van der Waals surface area (Å²) in [6.45, 7) is 5.30. The fourth-order valence-corrected chi connectivity index (χ4v) is 1.97. The molecule has 25 heavy (non-hydrogen) atoms. The van der Waals surface area contributed by atoms with Gasteiger partial charge in [0, 0.05) is 6.54 Å². The number of ether oxygens (including phenoxy) is 4. The number of amides is 2. The average molecular weight is 354 g/mol. The molecule has 1 aromatic rings. The lowest BCUT2D eigenvalue weighted by molar-refractivity contribution is -0.120. The van der Waals surface area contributed by atoms with Crippen LogP contribution in [0.15, 0.2) is 12.1 Å². The van der Waals surface area contributed by atoms with E-state index in [1.165, 1.54) is 21.3 Å². The van der Waals surface area contributed by atoms with Gasteiger partial charge in [0.2, 0.25) is 11.7 Å². The summed E-state index contributed by atoms with van der Waals surface area (Å²) in [5, 5.41) is 5.09. The van der Waals surface area contributed by atoms with E-state index < -0.39 is 11.7 Å². The number of methoxy groups -OCH3 is 3. The smallest absolute Gasteiger partial charge is 0.408 e. The molecule has 0 heterocycles. The van der Waals surface area contributed by atoms with Crippen LogP contribution in [0.4, 0.5) is 4.79 Å². The molecule has 0 fully saturated rings. The zero-order valence-electron chi connectivity index (χ0n) is 15.5. The van der Waals surface area contributed by atoms with Crippen molar-refractivity contribution in [3.63, 3.8) is 0 Å². The highest BCUT2D eigenvalue weighted by Crippen LogP contribution is 2.38. The van der Waals surface area contributed by atoms with E-state index >= 15 is 0 Å². The molecule has 0 unspecified atom stereocenters. The summed E-state index contributed by atoms with van der Waals surface area (Å²) in [5.74, 6) is 1.13. The van der Waals surface area contributed by atoms with Gasteiger partial charge in [-0.3, -0.25) is 4.79 Å². The van der Waals surface area contributed by atoms with Crippen molar-refractivity contribution in [2.75, 3.05) is 27.9 Å². The molecule has 0 aliphatic rings. The third-order valence-corrected chi connectivity index (χ3v) is 3.01. The zero-order chi connectivity index (χ0) is 19.0. The van der Waals surface area contributed by atoms with Crippen molar-refractivity contribution in [1.29, 1.82) is 0 Å². The lowest BCUT2D eigenvalue weighted by Gasteiger charge is -2.19. The number of carbonyl (C=O) groups excluding carboxylic acids is 2. The first kappa shape index (κ1) is 20.4. The molecule has 8 heteroatoms. The van der Waals surface area contributed by atoms with E-state index in [0.717, 1.165) is 5.56 Å². The van der Waals surface area contributed by atoms with Gasteiger partial charge >= 0.3 is 6.09 Å². The molecule has 0 atom stereocenters. The normalized spacial score (nSPS) is 10.6. The van der Waals surface area contributed by atoms with Crippen LogP contribution in [-0.4, -0.2) is 45.5 Å². The highest BCUT2D eigenvalue weighted by molar-refractivity contribution is 5.82. The van der Waals surface area contributed by atoms with Crippen molar-refractivity contribution in [2.24, 2.45) is 0 Å². The van der Waals surface area contributed by atoms with Crippen molar-refractivity contribution < 1.29 is 28.5 Å². The summed E-state index contributed by atoms with van der Waals surface area (Å²) < 4.78 is 20.8. The van der Waals surface area contributed by atoms with Crippen molar-refractivity contribution >= 4 is 12.0 Å². The van der Waals surface area contributed by atoms with Crippen LogP contribution in [-0.2, 0) is 16.1 Å². The fraction of sp³-hybridized carbons (Fsp3) is 0.529. The van der Waals surface area contributed by atoms with Crippen LogP contribution >= 0.6 is 0 Å². The van der Waals surface area contributed by atoms with E-state index in [4.69, 9.17) is 18.9 Å². The van der Waals surface area contributed by atoms with Gasteiger partial charge < -0.3 is 29.6 Å². The van der Waals surface area contributed by atoms with Crippen LogP contribution in [0.5, 0.6) is 17.2 Å². The minimum Gasteiger partial charge on any atom is -0.493 e. The maximum Gasteiger partial charge on any atom is 0.408 e. The summed E-state index contributed by atoms with van der Waals surface area (Å²) in [6.07, 6.45) is -0.643. The molecule has 0 saturated heterocycles. The molecular weight excluding hydrogens is 328 g/mol. The molecule has 2 amide bonds. The van der Waals surface area contributed by atoms with Crippen molar-refractivity contribution in [3.05, 3.63) is 17.7 Å². The number of hydrogen-bond acceptors (Lipinski definition) is 6. The molecule has 140 valence electrons. The molecule has 8 nitrogen and oxygen atoms in total. The molecule has 0 saturated carbocycles. The quantitative estimate of drug-likeness (QED) is 0.776. The summed E-state index contributed by atoms with van der Waals surface area (Å²) in [5.41, 5.74) is 0.150. The number of hydrogen-bond donors (Lipinski definition) is 2. The first-order valence-electron chi connectivity index (χ1n) is 7.72. The Hall–Kier alpha value is -2.64. The Bertz CT molecular complexity index is 585. The second kappa shape index (κ2) is 9.00. The number of nitrogens with one attached hydrogen (secondary N) is 2. The lowest BCUT2D eigenvalue weighted by Crippen LogP contribution is -2.39. The topological polar surface area (TPSA) is 95.1 Å². The minimum atomic E-state index is -0.643. The number of carbonyl (C=O) groups is 2. The van der Waals surface area contributed by atoms with Gasteiger partial charge in [0.05, 0.1) is 21.3 Å². The van der Waals surface area contributed by atoms with E-state index in [1.807, 2.05) is 0 Å². The van der Waals surface area contributed by atoms with Gasteiger partial charge in [-0.05, 0) is 38.5 Å². The third-order valence-electron chi connectivity index (χ3n) is 3.01. The third kappa shape index (κ3) is 6.78. The van der Waals surface area contributed by atoms with Crippen LogP contribution in [0.2, 0.25) is 0 Å². The van der Waals surface area contributed by atoms with Gasteiger partial charge in [0.15, 0.2) is 11.5 Å². The monoisotopic (exact) mass is 354 g/mol. The molecule has 0 spiro atoms. The maximum atomic E-state index is 11.8. The van der Waals surface area contributed by atoms with E-state index in [-0.39, 0.29) is 19.0 Å². The van der Waals surface area contributed by atoms with Crippen LogP contribution < -0.4 is 24.8 Å². The first-order chi connectivity index (χ1) is 11.7. The van der Waals surface area contributed by atoms with E-state index in [2.05, 4.69) is 10.6 Å². The van der Waals surface area contributed by atoms with Crippen molar-refractivity contribution in [2.45, 2.75) is 32.9 Å². The Kier molecular flexibility index (Phi) is 7.35. The van der Waals surface area contributed by atoms with Gasteiger partial charge in [0.25, 0.3) is 0 Å². The number of benzene rings is 1.